The number of nitrogens with one attached hydrogen (secondary N) is 1. The van der Waals surface area contributed by atoms with Crippen LogP contribution in [0.4, 0.5) is 0 Å². The lowest BCUT2D eigenvalue weighted by atomic mass is 9.69. The Kier molecular flexibility index (Phi) is 4.71. The van der Waals surface area contributed by atoms with Gasteiger partial charge in [0.25, 0.3) is 0 Å². The molecule has 0 aliphatic heterocycles. The van der Waals surface area contributed by atoms with Crippen LogP contribution in [-0.2, 0) is 0 Å². The molecule has 1 atom stereocenters. The minimum absolute atomic E-state index is 0.0881. The summed E-state index contributed by atoms with van der Waals surface area (Å²) in [6.07, 6.45) is 8.99. The van der Waals surface area contributed by atoms with Crippen molar-refractivity contribution in [2.24, 2.45) is 17.3 Å². The second kappa shape index (κ2) is 5.92. The molecule has 0 amide bonds. The summed E-state index contributed by atoms with van der Waals surface area (Å²) in [5, 5.41) is 13.5. The fraction of sp³-hybridized carbons (Fsp3) is 1.00. The summed E-state index contributed by atoms with van der Waals surface area (Å²) in [6, 6.07) is 0.655. The van der Waals surface area contributed by atoms with E-state index >= 15 is 0 Å². The highest BCUT2D eigenvalue weighted by atomic mass is 16.3. The van der Waals surface area contributed by atoms with Gasteiger partial charge in [0.1, 0.15) is 0 Å². The molecule has 0 radical (unpaired) electrons. The van der Waals surface area contributed by atoms with Crippen molar-refractivity contribution in [3.05, 3.63) is 0 Å². The average molecular weight is 253 g/mol. The number of hydrogen-bond acceptors (Lipinski definition) is 2. The summed E-state index contributed by atoms with van der Waals surface area (Å²) in [6.45, 7) is 7.97. The van der Waals surface area contributed by atoms with Crippen LogP contribution in [0.3, 0.4) is 0 Å². The SMILES string of the molecule is CCC(C)(C)C1CCC(NCC(O)C2CC2)CC1. The van der Waals surface area contributed by atoms with Crippen molar-refractivity contribution in [3.8, 4) is 0 Å². The van der Waals surface area contributed by atoms with Crippen molar-refractivity contribution in [2.75, 3.05) is 6.54 Å². The molecule has 0 aromatic heterocycles. The molecule has 0 aromatic rings. The van der Waals surface area contributed by atoms with E-state index in [1.54, 1.807) is 0 Å². The van der Waals surface area contributed by atoms with Crippen LogP contribution < -0.4 is 5.32 Å². The van der Waals surface area contributed by atoms with E-state index in [1.165, 1.54) is 44.9 Å². The Labute approximate surface area is 113 Å². The first-order chi connectivity index (χ1) is 8.53. The van der Waals surface area contributed by atoms with E-state index in [-0.39, 0.29) is 6.10 Å². The van der Waals surface area contributed by atoms with E-state index in [0.717, 1.165) is 12.5 Å². The average Bonchev–Trinajstić information content (AvgIpc) is 3.20. The topological polar surface area (TPSA) is 32.3 Å². The van der Waals surface area contributed by atoms with Gasteiger partial charge in [0.2, 0.25) is 0 Å². The molecule has 2 aliphatic rings. The molecule has 0 saturated heterocycles. The van der Waals surface area contributed by atoms with Gasteiger partial charge in [-0.2, -0.15) is 0 Å². The molecule has 2 fully saturated rings. The summed E-state index contributed by atoms with van der Waals surface area (Å²) in [5.41, 5.74) is 0.512. The maximum absolute atomic E-state index is 9.88. The van der Waals surface area contributed by atoms with Crippen molar-refractivity contribution < 1.29 is 5.11 Å². The molecule has 2 aliphatic carbocycles. The Balaban J connectivity index is 1.66. The molecule has 2 rings (SSSR count). The third-order valence-electron chi connectivity index (χ3n) is 5.53. The standard InChI is InChI=1S/C16H31NO/c1-4-16(2,3)13-7-9-14(10-8-13)17-11-15(18)12-5-6-12/h12-15,17-18H,4-11H2,1-3H3. The van der Waals surface area contributed by atoms with Crippen LogP contribution in [0.15, 0.2) is 0 Å². The molecule has 2 heteroatoms. The number of hydrogen-bond donors (Lipinski definition) is 2. The molecule has 1 unspecified atom stereocenters. The van der Waals surface area contributed by atoms with Crippen LogP contribution in [0.5, 0.6) is 0 Å². The van der Waals surface area contributed by atoms with E-state index in [0.29, 0.717) is 17.4 Å². The number of aliphatic hydroxyl groups excluding tert-OH is 1. The van der Waals surface area contributed by atoms with Gasteiger partial charge in [-0.15, -0.1) is 0 Å². The molecule has 0 heterocycles. The van der Waals surface area contributed by atoms with Gasteiger partial charge in [-0.3, -0.25) is 0 Å². The van der Waals surface area contributed by atoms with Crippen molar-refractivity contribution in [3.63, 3.8) is 0 Å². The van der Waals surface area contributed by atoms with Crippen molar-refractivity contribution in [1.29, 1.82) is 0 Å². The zero-order valence-electron chi connectivity index (χ0n) is 12.4. The summed E-state index contributed by atoms with van der Waals surface area (Å²) < 4.78 is 0. The zero-order chi connectivity index (χ0) is 13.2. The highest BCUT2D eigenvalue weighted by Gasteiger charge is 2.33. The smallest absolute Gasteiger partial charge is 0.0692 e. The molecule has 0 spiro atoms. The molecule has 2 saturated carbocycles. The fourth-order valence-corrected chi connectivity index (χ4v) is 3.30. The van der Waals surface area contributed by atoms with Gasteiger partial charge < -0.3 is 10.4 Å². The van der Waals surface area contributed by atoms with E-state index < -0.39 is 0 Å². The van der Waals surface area contributed by atoms with Crippen LogP contribution in [0.25, 0.3) is 0 Å². The van der Waals surface area contributed by atoms with Crippen molar-refractivity contribution in [1.82, 2.24) is 5.32 Å². The zero-order valence-corrected chi connectivity index (χ0v) is 12.4. The van der Waals surface area contributed by atoms with Crippen LogP contribution >= 0.6 is 0 Å². The summed E-state index contributed by atoms with van der Waals surface area (Å²) in [4.78, 5) is 0. The predicted molar refractivity (Wildman–Crippen MR) is 76.6 cm³/mol. The van der Waals surface area contributed by atoms with Gasteiger partial charge >= 0.3 is 0 Å². The van der Waals surface area contributed by atoms with Crippen LogP contribution in [0.1, 0.15) is 65.7 Å². The Hall–Kier alpha value is -0.0800. The summed E-state index contributed by atoms with van der Waals surface area (Å²) >= 11 is 0. The largest absolute Gasteiger partial charge is 0.392 e. The summed E-state index contributed by atoms with van der Waals surface area (Å²) in [5.74, 6) is 1.50. The Bertz CT molecular complexity index is 252. The minimum atomic E-state index is -0.0881. The lowest BCUT2D eigenvalue weighted by Crippen LogP contribution is -2.40. The van der Waals surface area contributed by atoms with Gasteiger partial charge in [-0.25, -0.2) is 0 Å². The van der Waals surface area contributed by atoms with E-state index in [1.807, 2.05) is 0 Å². The molecule has 0 bridgehead atoms. The molecular weight excluding hydrogens is 222 g/mol. The van der Waals surface area contributed by atoms with Gasteiger partial charge in [0.15, 0.2) is 0 Å². The monoisotopic (exact) mass is 253 g/mol. The molecule has 2 N–H and O–H groups in total. The molecule has 0 aromatic carbocycles. The predicted octanol–water partition coefficient (Wildman–Crippen LogP) is 3.34. The lowest BCUT2D eigenvalue weighted by Gasteiger charge is -2.39. The van der Waals surface area contributed by atoms with E-state index in [4.69, 9.17) is 0 Å². The first kappa shape index (κ1) is 14.3. The maximum atomic E-state index is 9.88. The maximum Gasteiger partial charge on any atom is 0.0692 e. The molecule has 18 heavy (non-hydrogen) atoms. The van der Waals surface area contributed by atoms with Gasteiger partial charge in [-0.1, -0.05) is 27.2 Å². The minimum Gasteiger partial charge on any atom is -0.392 e. The normalized spacial score (nSPS) is 31.3. The third-order valence-corrected chi connectivity index (χ3v) is 5.53. The van der Waals surface area contributed by atoms with Gasteiger partial charge in [-0.05, 0) is 55.8 Å². The highest BCUT2D eigenvalue weighted by molar-refractivity contribution is 4.87. The van der Waals surface area contributed by atoms with Crippen molar-refractivity contribution in [2.45, 2.75) is 77.9 Å². The number of aliphatic hydroxyl groups is 1. The summed E-state index contributed by atoms with van der Waals surface area (Å²) in [7, 11) is 0. The van der Waals surface area contributed by atoms with Crippen LogP contribution in [0.2, 0.25) is 0 Å². The van der Waals surface area contributed by atoms with Gasteiger partial charge in [0.05, 0.1) is 6.10 Å². The van der Waals surface area contributed by atoms with E-state index in [9.17, 15) is 5.11 Å². The Morgan fingerprint density at radius 1 is 1.11 bits per heavy atom. The highest BCUT2D eigenvalue weighted by Crippen LogP contribution is 2.40. The molecule has 2 nitrogen and oxygen atoms in total. The van der Waals surface area contributed by atoms with Crippen molar-refractivity contribution >= 4 is 0 Å². The second-order valence-corrected chi connectivity index (χ2v) is 7.20. The molecular formula is C16H31NO. The first-order valence-corrected chi connectivity index (χ1v) is 7.94. The Morgan fingerprint density at radius 3 is 2.22 bits per heavy atom. The lowest BCUT2D eigenvalue weighted by molar-refractivity contribution is 0.118. The number of rotatable bonds is 6. The fourth-order valence-electron chi connectivity index (χ4n) is 3.30. The van der Waals surface area contributed by atoms with Gasteiger partial charge in [0, 0.05) is 12.6 Å². The van der Waals surface area contributed by atoms with Crippen LogP contribution in [-0.4, -0.2) is 23.8 Å². The first-order valence-electron chi connectivity index (χ1n) is 7.94. The van der Waals surface area contributed by atoms with E-state index in [2.05, 4.69) is 26.1 Å². The second-order valence-electron chi connectivity index (χ2n) is 7.20. The Morgan fingerprint density at radius 2 is 1.72 bits per heavy atom. The molecule has 106 valence electrons. The van der Waals surface area contributed by atoms with Crippen LogP contribution in [0, 0.1) is 17.3 Å². The third kappa shape index (κ3) is 3.71. The quantitative estimate of drug-likeness (QED) is 0.761.